The maximum absolute atomic E-state index is 6.09. The standard InChI is InChI=1S/C12H17ClOS/c1-3-14-12-7-9(2)11(13)8-10(12)5-4-6-15/h7-8,15H,3-6H2,1-2H3. The highest BCUT2D eigenvalue weighted by Crippen LogP contribution is 2.27. The molecule has 1 nitrogen and oxygen atoms in total. The van der Waals surface area contributed by atoms with Gasteiger partial charge in [0.2, 0.25) is 0 Å². The molecule has 15 heavy (non-hydrogen) atoms. The van der Waals surface area contributed by atoms with Crippen molar-refractivity contribution >= 4 is 24.2 Å². The predicted octanol–water partition coefficient (Wildman–Crippen LogP) is 3.91. The molecule has 0 spiro atoms. The lowest BCUT2D eigenvalue weighted by atomic mass is 10.1. The van der Waals surface area contributed by atoms with Crippen LogP contribution in [0.1, 0.15) is 24.5 Å². The van der Waals surface area contributed by atoms with E-state index in [0.717, 1.165) is 34.9 Å². The molecule has 0 amide bonds. The van der Waals surface area contributed by atoms with Crippen LogP contribution in [-0.2, 0) is 6.42 Å². The summed E-state index contributed by atoms with van der Waals surface area (Å²) < 4.78 is 5.59. The van der Waals surface area contributed by atoms with Crippen LogP contribution in [-0.4, -0.2) is 12.4 Å². The molecule has 0 atom stereocenters. The van der Waals surface area contributed by atoms with Gasteiger partial charge in [0.25, 0.3) is 0 Å². The Morgan fingerprint density at radius 3 is 2.73 bits per heavy atom. The zero-order chi connectivity index (χ0) is 11.3. The van der Waals surface area contributed by atoms with E-state index in [1.165, 1.54) is 5.56 Å². The van der Waals surface area contributed by atoms with E-state index >= 15 is 0 Å². The van der Waals surface area contributed by atoms with Crippen LogP contribution in [0.2, 0.25) is 5.02 Å². The largest absolute Gasteiger partial charge is 0.494 e. The Morgan fingerprint density at radius 1 is 1.40 bits per heavy atom. The van der Waals surface area contributed by atoms with Crippen molar-refractivity contribution in [3.05, 3.63) is 28.3 Å². The third-order valence-electron chi connectivity index (χ3n) is 2.25. The maximum atomic E-state index is 6.09. The second kappa shape index (κ2) is 6.29. The highest BCUT2D eigenvalue weighted by Gasteiger charge is 2.06. The van der Waals surface area contributed by atoms with Gasteiger partial charge in [-0.05, 0) is 55.7 Å². The first kappa shape index (κ1) is 12.7. The zero-order valence-corrected chi connectivity index (χ0v) is 10.9. The van der Waals surface area contributed by atoms with Crippen LogP contribution in [0, 0.1) is 6.92 Å². The number of hydrogen-bond donors (Lipinski definition) is 1. The first-order valence-corrected chi connectivity index (χ1v) is 6.22. The van der Waals surface area contributed by atoms with Gasteiger partial charge in [-0.2, -0.15) is 12.6 Å². The van der Waals surface area contributed by atoms with Crippen molar-refractivity contribution in [3.8, 4) is 5.75 Å². The SMILES string of the molecule is CCOc1cc(C)c(Cl)cc1CCCS. The van der Waals surface area contributed by atoms with Crippen molar-refractivity contribution in [1.82, 2.24) is 0 Å². The Morgan fingerprint density at radius 2 is 2.13 bits per heavy atom. The molecule has 0 aliphatic carbocycles. The van der Waals surface area contributed by atoms with Crippen molar-refractivity contribution in [2.45, 2.75) is 26.7 Å². The molecule has 1 aromatic carbocycles. The quantitative estimate of drug-likeness (QED) is 0.773. The molecular weight excluding hydrogens is 228 g/mol. The van der Waals surface area contributed by atoms with E-state index in [0.29, 0.717) is 6.61 Å². The molecule has 0 aliphatic rings. The minimum absolute atomic E-state index is 0.689. The summed E-state index contributed by atoms with van der Waals surface area (Å²) in [5, 5.41) is 0.813. The van der Waals surface area contributed by atoms with Crippen LogP contribution in [0.4, 0.5) is 0 Å². The van der Waals surface area contributed by atoms with Gasteiger partial charge in [0.05, 0.1) is 6.61 Å². The number of thiol groups is 1. The van der Waals surface area contributed by atoms with Crippen LogP contribution in [0.15, 0.2) is 12.1 Å². The molecule has 3 heteroatoms. The lowest BCUT2D eigenvalue weighted by molar-refractivity contribution is 0.336. The average molecular weight is 245 g/mol. The van der Waals surface area contributed by atoms with Crippen LogP contribution in [0.5, 0.6) is 5.75 Å². The van der Waals surface area contributed by atoms with E-state index in [-0.39, 0.29) is 0 Å². The average Bonchev–Trinajstić information content (AvgIpc) is 2.21. The maximum Gasteiger partial charge on any atom is 0.122 e. The number of aryl methyl sites for hydroxylation is 2. The fourth-order valence-corrected chi connectivity index (χ4v) is 1.80. The topological polar surface area (TPSA) is 9.23 Å². The second-order valence-corrected chi connectivity index (χ2v) is 4.32. The third-order valence-corrected chi connectivity index (χ3v) is 2.97. The smallest absolute Gasteiger partial charge is 0.122 e. The minimum Gasteiger partial charge on any atom is -0.494 e. The lowest BCUT2D eigenvalue weighted by Crippen LogP contribution is -1.98. The molecule has 0 unspecified atom stereocenters. The predicted molar refractivity (Wildman–Crippen MR) is 69.5 cm³/mol. The molecule has 0 radical (unpaired) electrons. The number of halogens is 1. The molecule has 84 valence electrons. The van der Waals surface area contributed by atoms with Gasteiger partial charge in [-0.3, -0.25) is 0 Å². The van der Waals surface area contributed by atoms with Crippen molar-refractivity contribution in [3.63, 3.8) is 0 Å². The first-order valence-electron chi connectivity index (χ1n) is 5.21. The highest BCUT2D eigenvalue weighted by atomic mass is 35.5. The van der Waals surface area contributed by atoms with Gasteiger partial charge in [0, 0.05) is 5.02 Å². The summed E-state index contributed by atoms with van der Waals surface area (Å²) in [6.07, 6.45) is 2.02. The van der Waals surface area contributed by atoms with Crippen LogP contribution in [0.3, 0.4) is 0 Å². The molecular formula is C12H17ClOS. The van der Waals surface area contributed by atoms with Gasteiger partial charge >= 0.3 is 0 Å². The molecule has 0 aliphatic heterocycles. The monoisotopic (exact) mass is 244 g/mol. The van der Waals surface area contributed by atoms with Crippen molar-refractivity contribution in [1.29, 1.82) is 0 Å². The molecule has 0 saturated carbocycles. The van der Waals surface area contributed by atoms with E-state index in [4.69, 9.17) is 16.3 Å². The molecule has 0 fully saturated rings. The molecule has 0 aromatic heterocycles. The van der Waals surface area contributed by atoms with Crippen LogP contribution < -0.4 is 4.74 Å². The van der Waals surface area contributed by atoms with Gasteiger partial charge in [-0.15, -0.1) is 0 Å². The summed E-state index contributed by atoms with van der Waals surface area (Å²) in [4.78, 5) is 0. The first-order chi connectivity index (χ1) is 7.19. The number of rotatable bonds is 5. The fourth-order valence-electron chi connectivity index (χ4n) is 1.45. The molecule has 0 N–H and O–H groups in total. The summed E-state index contributed by atoms with van der Waals surface area (Å²) in [5.74, 6) is 1.85. The molecule has 1 rings (SSSR count). The summed E-state index contributed by atoms with van der Waals surface area (Å²) >= 11 is 10.3. The van der Waals surface area contributed by atoms with Gasteiger partial charge < -0.3 is 4.74 Å². The van der Waals surface area contributed by atoms with Gasteiger partial charge in [-0.1, -0.05) is 11.6 Å². The Bertz CT molecular complexity index is 326. The van der Waals surface area contributed by atoms with Crippen molar-refractivity contribution in [2.24, 2.45) is 0 Å². The van der Waals surface area contributed by atoms with E-state index in [1.54, 1.807) is 0 Å². The third kappa shape index (κ3) is 3.62. The number of hydrogen-bond acceptors (Lipinski definition) is 2. The Balaban J connectivity index is 2.93. The lowest BCUT2D eigenvalue weighted by Gasteiger charge is -2.12. The van der Waals surface area contributed by atoms with Gasteiger partial charge in [-0.25, -0.2) is 0 Å². The Kier molecular flexibility index (Phi) is 5.34. The Hall–Kier alpha value is -0.340. The highest BCUT2D eigenvalue weighted by molar-refractivity contribution is 7.80. The zero-order valence-electron chi connectivity index (χ0n) is 9.22. The fraction of sp³-hybridized carbons (Fsp3) is 0.500. The van der Waals surface area contributed by atoms with Crippen molar-refractivity contribution < 1.29 is 4.74 Å². The Labute approximate surface area is 102 Å². The number of benzene rings is 1. The normalized spacial score (nSPS) is 10.4. The van der Waals surface area contributed by atoms with Crippen molar-refractivity contribution in [2.75, 3.05) is 12.4 Å². The molecule has 1 aromatic rings. The van der Waals surface area contributed by atoms with Crippen LogP contribution >= 0.6 is 24.2 Å². The summed E-state index contributed by atoms with van der Waals surface area (Å²) in [5.41, 5.74) is 2.25. The summed E-state index contributed by atoms with van der Waals surface area (Å²) in [6.45, 7) is 4.68. The van der Waals surface area contributed by atoms with E-state index in [2.05, 4.69) is 12.6 Å². The summed E-state index contributed by atoms with van der Waals surface area (Å²) in [6, 6.07) is 4.02. The van der Waals surface area contributed by atoms with Gasteiger partial charge in [0.15, 0.2) is 0 Å². The number of ether oxygens (including phenoxy) is 1. The van der Waals surface area contributed by atoms with E-state index in [9.17, 15) is 0 Å². The second-order valence-electron chi connectivity index (χ2n) is 3.47. The molecule has 0 saturated heterocycles. The van der Waals surface area contributed by atoms with Gasteiger partial charge in [0.1, 0.15) is 5.75 Å². The molecule has 0 bridgehead atoms. The summed E-state index contributed by atoms with van der Waals surface area (Å²) in [7, 11) is 0. The minimum atomic E-state index is 0.689. The molecule has 0 heterocycles. The van der Waals surface area contributed by atoms with E-state index in [1.807, 2.05) is 26.0 Å². The van der Waals surface area contributed by atoms with Crippen LogP contribution in [0.25, 0.3) is 0 Å². The van der Waals surface area contributed by atoms with E-state index < -0.39 is 0 Å².